The summed E-state index contributed by atoms with van der Waals surface area (Å²) in [5.41, 5.74) is 0. The van der Waals surface area contributed by atoms with Gasteiger partial charge in [0, 0.05) is 25.7 Å². The summed E-state index contributed by atoms with van der Waals surface area (Å²) in [6.07, 6.45) is 74.0. The van der Waals surface area contributed by atoms with Gasteiger partial charge >= 0.3 is 39.5 Å². The molecule has 0 saturated carbocycles. The topological polar surface area (TPSA) is 237 Å². The van der Waals surface area contributed by atoms with Crippen LogP contribution in [0.3, 0.4) is 0 Å². The van der Waals surface area contributed by atoms with Crippen LogP contribution in [0.2, 0.25) is 0 Å². The van der Waals surface area contributed by atoms with E-state index in [1.807, 2.05) is 12.2 Å². The molecule has 0 heterocycles. The highest BCUT2D eigenvalue weighted by Crippen LogP contribution is 2.45. The van der Waals surface area contributed by atoms with E-state index in [0.717, 1.165) is 141 Å². The second kappa shape index (κ2) is 71.4. The van der Waals surface area contributed by atoms with E-state index in [-0.39, 0.29) is 25.7 Å². The van der Waals surface area contributed by atoms with E-state index in [4.69, 9.17) is 37.0 Å². The molecule has 0 aliphatic rings. The first-order chi connectivity index (χ1) is 47.7. The Bertz CT molecular complexity index is 2240. The molecule has 5 atom stereocenters. The monoisotopic (exact) mass is 1420 g/mol. The lowest BCUT2D eigenvalue weighted by molar-refractivity contribution is -0.161. The van der Waals surface area contributed by atoms with Gasteiger partial charge in [-0.1, -0.05) is 298 Å². The van der Waals surface area contributed by atoms with Crippen LogP contribution in [0.1, 0.15) is 323 Å². The molecule has 0 aromatic carbocycles. The molecule has 0 aromatic heterocycles. The first-order valence-corrected chi connectivity index (χ1v) is 41.5. The fourth-order valence-electron chi connectivity index (χ4n) is 10.3. The summed E-state index contributed by atoms with van der Waals surface area (Å²) in [4.78, 5) is 72.8. The van der Waals surface area contributed by atoms with Gasteiger partial charge in [0.05, 0.1) is 26.4 Å². The molecule has 3 N–H and O–H groups in total. The van der Waals surface area contributed by atoms with Crippen molar-refractivity contribution >= 4 is 39.5 Å². The molecule has 98 heavy (non-hydrogen) atoms. The number of carbonyl (C=O) groups is 4. The number of esters is 4. The number of phosphoric ester groups is 2. The molecular weight excluding hydrogens is 1280 g/mol. The summed E-state index contributed by atoms with van der Waals surface area (Å²) in [6, 6.07) is 0. The summed E-state index contributed by atoms with van der Waals surface area (Å²) < 4.78 is 68.4. The number of hydrogen-bond donors (Lipinski definition) is 3. The fraction of sp³-hybridized carbons (Fsp3) is 0.747. The lowest BCUT2D eigenvalue weighted by Crippen LogP contribution is -2.30. The standard InChI is InChI=1S/C79H138O17P2/c1-5-9-13-17-21-25-29-32-34-36-38-41-45-48-52-56-60-64-77(82)90-70-75(96-79(84)66-62-58-54-50-46-42-39-37-35-33-30-26-22-18-14-10-6-2)72-94-98(87,88)92-68-73(80)67-91-97(85,86)93-71-74(95-78(83)65-61-57-53-49-43-28-24-20-16-12-8-4)69-89-76(81)63-59-55-51-47-44-40-31-27-23-19-15-11-7-3/h9-10,13-14,21-22,25-26,32-35,38,41,48,52,73-75,80H,5-8,11-12,15-20,23-24,27-31,36-37,39-40,42-47,49-51,53-72H2,1-4H3,(H,85,86)(H,87,88)/b13-9-,14-10-,25-21-,26-22-,34-32-,35-33-,41-38-,52-48-. The van der Waals surface area contributed by atoms with E-state index in [2.05, 4.69) is 113 Å². The Labute approximate surface area is 595 Å². The number of hydrogen-bond acceptors (Lipinski definition) is 15. The van der Waals surface area contributed by atoms with Crippen molar-refractivity contribution in [3.63, 3.8) is 0 Å². The van der Waals surface area contributed by atoms with Crippen molar-refractivity contribution in [1.82, 2.24) is 0 Å². The van der Waals surface area contributed by atoms with Crippen LogP contribution in [0.25, 0.3) is 0 Å². The molecule has 0 aliphatic carbocycles. The minimum absolute atomic E-state index is 0.0715. The number of ether oxygens (including phenoxy) is 4. The molecule has 0 radical (unpaired) electrons. The summed E-state index contributed by atoms with van der Waals surface area (Å²) in [5, 5.41) is 10.6. The first-order valence-electron chi connectivity index (χ1n) is 38.5. The van der Waals surface area contributed by atoms with E-state index in [9.17, 15) is 43.2 Å². The zero-order valence-electron chi connectivity index (χ0n) is 61.7. The number of carbonyl (C=O) groups excluding carboxylic acids is 4. The Morgan fingerprint density at radius 2 is 0.541 bits per heavy atom. The molecule has 0 spiro atoms. The third kappa shape index (κ3) is 70.4. The Morgan fingerprint density at radius 1 is 0.296 bits per heavy atom. The molecule has 0 fully saturated rings. The van der Waals surface area contributed by atoms with Gasteiger partial charge < -0.3 is 33.8 Å². The third-order valence-electron chi connectivity index (χ3n) is 16.1. The lowest BCUT2D eigenvalue weighted by atomic mass is 10.0. The summed E-state index contributed by atoms with van der Waals surface area (Å²) in [6.45, 7) is 4.60. The minimum atomic E-state index is -4.99. The number of rotatable bonds is 72. The van der Waals surface area contributed by atoms with Crippen molar-refractivity contribution in [2.24, 2.45) is 0 Å². The van der Waals surface area contributed by atoms with Crippen molar-refractivity contribution in [3.8, 4) is 0 Å². The number of aliphatic hydroxyl groups excluding tert-OH is 1. The number of aliphatic hydroxyl groups is 1. The predicted molar refractivity (Wildman–Crippen MR) is 399 cm³/mol. The van der Waals surface area contributed by atoms with Gasteiger partial charge in [0.2, 0.25) is 0 Å². The highest BCUT2D eigenvalue weighted by Gasteiger charge is 2.30. The maximum absolute atomic E-state index is 13.1. The van der Waals surface area contributed by atoms with Crippen LogP contribution in [0.4, 0.5) is 0 Å². The zero-order chi connectivity index (χ0) is 71.8. The Balaban J connectivity index is 5.37. The smallest absolute Gasteiger partial charge is 0.462 e. The Hall–Kier alpha value is -4.02. The van der Waals surface area contributed by atoms with Gasteiger partial charge in [0.25, 0.3) is 0 Å². The minimum Gasteiger partial charge on any atom is -0.462 e. The van der Waals surface area contributed by atoms with Gasteiger partial charge in [-0.05, 0) is 96.3 Å². The maximum Gasteiger partial charge on any atom is 0.472 e. The summed E-state index contributed by atoms with van der Waals surface area (Å²) in [5.74, 6) is -2.23. The van der Waals surface area contributed by atoms with Gasteiger partial charge in [-0.3, -0.25) is 37.3 Å². The van der Waals surface area contributed by atoms with E-state index in [1.165, 1.54) is 96.3 Å². The van der Waals surface area contributed by atoms with Crippen LogP contribution in [-0.4, -0.2) is 96.7 Å². The number of allylic oxidation sites excluding steroid dienone is 16. The molecule has 566 valence electrons. The van der Waals surface area contributed by atoms with Gasteiger partial charge in [-0.15, -0.1) is 0 Å². The largest absolute Gasteiger partial charge is 0.472 e. The van der Waals surface area contributed by atoms with Crippen molar-refractivity contribution in [1.29, 1.82) is 0 Å². The first kappa shape index (κ1) is 94.0. The molecule has 0 amide bonds. The summed E-state index contributed by atoms with van der Waals surface area (Å²) in [7, 11) is -9.96. The third-order valence-corrected chi connectivity index (χ3v) is 18.0. The average Bonchev–Trinajstić information content (AvgIpc) is 0.980. The average molecular weight is 1420 g/mol. The molecule has 17 nitrogen and oxygen atoms in total. The summed E-state index contributed by atoms with van der Waals surface area (Å²) >= 11 is 0. The highest BCUT2D eigenvalue weighted by atomic mass is 31.2. The van der Waals surface area contributed by atoms with Gasteiger partial charge in [-0.2, -0.15) is 0 Å². The quantitative estimate of drug-likeness (QED) is 0.0169. The van der Waals surface area contributed by atoms with Crippen LogP contribution in [0.15, 0.2) is 97.2 Å². The molecule has 0 saturated heterocycles. The Morgan fingerprint density at radius 3 is 0.857 bits per heavy atom. The van der Waals surface area contributed by atoms with Crippen molar-refractivity contribution in [2.75, 3.05) is 39.6 Å². The van der Waals surface area contributed by atoms with E-state index in [0.29, 0.717) is 32.1 Å². The molecule has 5 unspecified atom stereocenters. The predicted octanol–water partition coefficient (Wildman–Crippen LogP) is 22.0. The van der Waals surface area contributed by atoms with Crippen LogP contribution >= 0.6 is 15.6 Å². The van der Waals surface area contributed by atoms with Crippen molar-refractivity contribution < 1.29 is 80.2 Å². The second-order valence-electron chi connectivity index (χ2n) is 25.5. The van der Waals surface area contributed by atoms with Crippen LogP contribution < -0.4 is 0 Å². The highest BCUT2D eigenvalue weighted by molar-refractivity contribution is 7.47. The van der Waals surface area contributed by atoms with Crippen LogP contribution in [-0.2, 0) is 65.4 Å². The fourth-order valence-corrected chi connectivity index (χ4v) is 11.9. The molecule has 0 rings (SSSR count). The maximum atomic E-state index is 13.1. The van der Waals surface area contributed by atoms with Crippen LogP contribution in [0.5, 0.6) is 0 Å². The lowest BCUT2D eigenvalue weighted by Gasteiger charge is -2.21. The number of phosphoric acid groups is 2. The van der Waals surface area contributed by atoms with E-state index < -0.39 is 97.5 Å². The second-order valence-corrected chi connectivity index (χ2v) is 28.5. The number of unbranched alkanes of at least 4 members (excludes halogenated alkanes) is 30. The normalized spacial score (nSPS) is 14.5. The van der Waals surface area contributed by atoms with Crippen molar-refractivity contribution in [2.45, 2.75) is 341 Å². The van der Waals surface area contributed by atoms with Gasteiger partial charge in [-0.25, -0.2) is 9.13 Å². The van der Waals surface area contributed by atoms with E-state index in [1.54, 1.807) is 0 Å². The van der Waals surface area contributed by atoms with Crippen LogP contribution in [0, 0.1) is 0 Å². The van der Waals surface area contributed by atoms with Gasteiger partial charge in [0.15, 0.2) is 12.2 Å². The Kier molecular flexibility index (Phi) is 68.4. The SMILES string of the molecule is CC/C=C\C/C=C\C/C=C\C/C=C\C/C=C\CCCC(=O)OCC(COP(=O)(O)OCC(O)COP(=O)(O)OCC(COC(=O)CCCCCCCCCCCCCCC)OC(=O)CCCCCCCCCCCCC)OC(=O)CCCCCCCCC/C=C\C/C=C\C/C=C\CC. The van der Waals surface area contributed by atoms with Crippen molar-refractivity contribution in [3.05, 3.63) is 97.2 Å². The molecule has 0 bridgehead atoms. The van der Waals surface area contributed by atoms with Gasteiger partial charge in [0.1, 0.15) is 19.3 Å². The molecule has 0 aliphatic heterocycles. The zero-order valence-corrected chi connectivity index (χ0v) is 63.5. The molecule has 0 aromatic rings. The molecular formula is C79H138O17P2. The molecule has 19 heteroatoms. The van der Waals surface area contributed by atoms with E-state index >= 15 is 0 Å².